The molecule has 0 radical (unpaired) electrons. The minimum Gasteiger partial charge on any atom is -0.507 e. The molecule has 166 valence electrons. The average Bonchev–Trinajstić information content (AvgIpc) is 3.04. The Morgan fingerprint density at radius 2 is 1.52 bits per heavy atom. The summed E-state index contributed by atoms with van der Waals surface area (Å²) in [5.41, 5.74) is -0.969. The van der Waals surface area contributed by atoms with Crippen LogP contribution < -0.4 is 4.90 Å². The first-order chi connectivity index (χ1) is 15.7. The van der Waals surface area contributed by atoms with Crippen molar-refractivity contribution < 1.29 is 32.8 Å². The quantitative estimate of drug-likeness (QED) is 0.204. The largest absolute Gasteiger partial charge is 0.507 e. The van der Waals surface area contributed by atoms with E-state index in [1.807, 2.05) is 0 Å². The number of hydrogen-bond donors (Lipinski definition) is 1. The second-order valence-electron chi connectivity index (χ2n) is 7.12. The molecule has 10 heteroatoms. The zero-order chi connectivity index (χ0) is 23.9. The summed E-state index contributed by atoms with van der Waals surface area (Å²) in [6.07, 6.45) is 0. The Labute approximate surface area is 184 Å². The molecule has 4 rings (SSSR count). The van der Waals surface area contributed by atoms with Crippen molar-refractivity contribution in [1.82, 2.24) is 0 Å². The first kappa shape index (κ1) is 21.8. The lowest BCUT2D eigenvalue weighted by Crippen LogP contribution is -2.30. The van der Waals surface area contributed by atoms with E-state index in [-0.39, 0.29) is 16.8 Å². The number of nitro groups is 1. The maximum atomic E-state index is 14.6. The molecule has 3 aromatic carbocycles. The van der Waals surface area contributed by atoms with Crippen LogP contribution in [0.25, 0.3) is 5.76 Å². The fraction of sp³-hybridized carbons (Fsp3) is 0.0435. The average molecular weight is 454 g/mol. The van der Waals surface area contributed by atoms with Crippen molar-refractivity contribution in [3.8, 4) is 0 Å². The number of halogens is 3. The molecule has 0 aliphatic carbocycles. The molecular weight excluding hydrogens is 441 g/mol. The van der Waals surface area contributed by atoms with Crippen molar-refractivity contribution in [2.75, 3.05) is 4.90 Å². The Bertz CT molecular complexity index is 1320. The van der Waals surface area contributed by atoms with E-state index in [2.05, 4.69) is 0 Å². The van der Waals surface area contributed by atoms with Crippen molar-refractivity contribution in [2.24, 2.45) is 0 Å². The van der Waals surface area contributed by atoms with Crippen molar-refractivity contribution in [3.05, 3.63) is 111 Å². The predicted octanol–water partition coefficient (Wildman–Crippen LogP) is 4.64. The molecule has 0 spiro atoms. The number of carbonyl (C=O) groups is 2. The third-order valence-electron chi connectivity index (χ3n) is 5.15. The summed E-state index contributed by atoms with van der Waals surface area (Å²) in [5.74, 6) is -5.67. The van der Waals surface area contributed by atoms with Gasteiger partial charge in [0.1, 0.15) is 23.2 Å². The van der Waals surface area contributed by atoms with E-state index in [9.17, 15) is 38.0 Å². The van der Waals surface area contributed by atoms with Gasteiger partial charge in [-0.1, -0.05) is 12.1 Å². The van der Waals surface area contributed by atoms with Gasteiger partial charge in [0.05, 0.1) is 22.2 Å². The molecule has 0 bridgehead atoms. The van der Waals surface area contributed by atoms with Gasteiger partial charge in [-0.2, -0.15) is 0 Å². The van der Waals surface area contributed by atoms with Crippen LogP contribution in [0.1, 0.15) is 17.2 Å². The number of nitro benzene ring substituents is 1. The highest BCUT2D eigenvalue weighted by atomic mass is 19.1. The van der Waals surface area contributed by atoms with Crippen LogP contribution in [0.2, 0.25) is 0 Å². The fourth-order valence-electron chi connectivity index (χ4n) is 3.61. The highest BCUT2D eigenvalue weighted by Gasteiger charge is 2.47. The van der Waals surface area contributed by atoms with Crippen molar-refractivity contribution >= 4 is 28.8 Å². The van der Waals surface area contributed by atoms with Crippen LogP contribution in [0.5, 0.6) is 0 Å². The number of non-ortho nitro benzene ring substituents is 1. The van der Waals surface area contributed by atoms with E-state index in [0.717, 1.165) is 41.3 Å². The fourth-order valence-corrected chi connectivity index (χ4v) is 3.61. The first-order valence-corrected chi connectivity index (χ1v) is 9.45. The van der Waals surface area contributed by atoms with Crippen LogP contribution in [0.4, 0.5) is 24.5 Å². The summed E-state index contributed by atoms with van der Waals surface area (Å²) >= 11 is 0. The van der Waals surface area contributed by atoms with Gasteiger partial charge < -0.3 is 5.11 Å². The first-order valence-electron chi connectivity index (χ1n) is 9.45. The Morgan fingerprint density at radius 1 is 0.909 bits per heavy atom. The Kier molecular flexibility index (Phi) is 5.42. The smallest absolute Gasteiger partial charge is 0.300 e. The summed E-state index contributed by atoms with van der Waals surface area (Å²) in [4.78, 5) is 36.8. The lowest BCUT2D eigenvalue weighted by Gasteiger charge is -2.25. The van der Waals surface area contributed by atoms with Crippen molar-refractivity contribution in [2.45, 2.75) is 6.04 Å². The van der Waals surface area contributed by atoms with E-state index >= 15 is 0 Å². The second kappa shape index (κ2) is 8.23. The summed E-state index contributed by atoms with van der Waals surface area (Å²) in [5, 5.41) is 21.8. The minimum absolute atomic E-state index is 0.00899. The molecule has 1 amide bonds. The summed E-state index contributed by atoms with van der Waals surface area (Å²) in [7, 11) is 0. The highest BCUT2D eigenvalue weighted by Crippen LogP contribution is 2.43. The van der Waals surface area contributed by atoms with Crippen LogP contribution in [0.3, 0.4) is 0 Å². The maximum absolute atomic E-state index is 14.6. The monoisotopic (exact) mass is 454 g/mol. The number of hydrogen-bond acceptors (Lipinski definition) is 5. The Balaban J connectivity index is 1.93. The van der Waals surface area contributed by atoms with Crippen LogP contribution in [-0.4, -0.2) is 21.7 Å². The molecule has 0 aromatic heterocycles. The van der Waals surface area contributed by atoms with Gasteiger partial charge in [0.2, 0.25) is 0 Å². The van der Waals surface area contributed by atoms with Gasteiger partial charge in [0.15, 0.2) is 0 Å². The molecule has 33 heavy (non-hydrogen) atoms. The van der Waals surface area contributed by atoms with Crippen molar-refractivity contribution in [3.63, 3.8) is 0 Å². The van der Waals surface area contributed by atoms with Crippen LogP contribution in [0, 0.1) is 27.6 Å². The SMILES string of the molecule is O=C1C(=O)N(c2ccc(F)cc2F)C(c2ccc(F)cc2)/C1=C(\O)c1ccc([N+](=O)[O-])cc1. The van der Waals surface area contributed by atoms with Gasteiger partial charge in [0, 0.05) is 23.8 Å². The Morgan fingerprint density at radius 3 is 2.09 bits per heavy atom. The van der Waals surface area contributed by atoms with Crippen molar-refractivity contribution in [1.29, 1.82) is 0 Å². The summed E-state index contributed by atoms with van der Waals surface area (Å²) < 4.78 is 41.5. The molecule has 1 aliphatic rings. The van der Waals surface area contributed by atoms with Gasteiger partial charge in [0.25, 0.3) is 17.4 Å². The number of aliphatic hydroxyl groups is 1. The maximum Gasteiger partial charge on any atom is 0.300 e. The normalized spacial score (nSPS) is 17.4. The zero-order valence-electron chi connectivity index (χ0n) is 16.5. The molecule has 1 saturated heterocycles. The third-order valence-corrected chi connectivity index (χ3v) is 5.15. The number of aliphatic hydroxyl groups excluding tert-OH is 1. The van der Waals surface area contributed by atoms with Gasteiger partial charge in [-0.05, 0) is 42.0 Å². The molecule has 1 unspecified atom stereocenters. The molecule has 3 aromatic rings. The van der Waals surface area contributed by atoms with E-state index < -0.39 is 57.1 Å². The molecular formula is C23H13F3N2O5. The van der Waals surface area contributed by atoms with E-state index in [0.29, 0.717) is 6.07 Å². The molecule has 1 N–H and O–H groups in total. The number of ketones is 1. The minimum atomic E-state index is -1.37. The lowest BCUT2D eigenvalue weighted by atomic mass is 9.95. The van der Waals surface area contributed by atoms with E-state index in [4.69, 9.17) is 0 Å². The van der Waals surface area contributed by atoms with Crippen LogP contribution in [0.15, 0.2) is 72.3 Å². The predicted molar refractivity (Wildman–Crippen MR) is 111 cm³/mol. The number of nitrogens with zero attached hydrogens (tertiary/aromatic N) is 2. The van der Waals surface area contributed by atoms with Crippen LogP contribution >= 0.6 is 0 Å². The molecule has 1 aliphatic heterocycles. The number of carbonyl (C=O) groups excluding carboxylic acids is 2. The van der Waals surface area contributed by atoms with Gasteiger partial charge >= 0.3 is 0 Å². The second-order valence-corrected chi connectivity index (χ2v) is 7.12. The van der Waals surface area contributed by atoms with Crippen LogP contribution in [-0.2, 0) is 9.59 Å². The zero-order valence-corrected chi connectivity index (χ0v) is 16.5. The number of amides is 1. The lowest BCUT2D eigenvalue weighted by molar-refractivity contribution is -0.384. The number of anilines is 1. The topological polar surface area (TPSA) is 101 Å². The van der Waals surface area contributed by atoms with E-state index in [1.165, 1.54) is 24.3 Å². The van der Waals surface area contributed by atoms with Gasteiger partial charge in [-0.3, -0.25) is 24.6 Å². The summed E-state index contributed by atoms with van der Waals surface area (Å²) in [6.45, 7) is 0. The highest BCUT2D eigenvalue weighted by molar-refractivity contribution is 6.51. The van der Waals surface area contributed by atoms with E-state index in [1.54, 1.807) is 0 Å². The Hall–Kier alpha value is -4.47. The molecule has 1 atom stereocenters. The molecule has 1 fully saturated rings. The summed E-state index contributed by atoms with van der Waals surface area (Å²) in [6, 6.07) is 10.2. The molecule has 1 heterocycles. The standard InChI is InChI=1S/C23H13F3N2O5/c24-14-5-1-12(2-6-14)20-19(21(29)13-3-8-16(9-4-13)28(32)33)22(30)23(31)27(20)18-10-7-15(25)11-17(18)26/h1-11,20,29H/b21-19+. The number of benzene rings is 3. The number of rotatable bonds is 4. The molecule has 0 saturated carbocycles. The number of Topliss-reactive ketones (excluding diaryl/α,β-unsaturated/α-hetero) is 1. The third kappa shape index (κ3) is 3.82. The van der Waals surface area contributed by atoms with Gasteiger partial charge in [-0.15, -0.1) is 0 Å². The van der Waals surface area contributed by atoms with Gasteiger partial charge in [-0.25, -0.2) is 13.2 Å². The molecule has 7 nitrogen and oxygen atoms in total.